The van der Waals surface area contributed by atoms with Gasteiger partial charge in [-0.2, -0.15) is 0 Å². The fraction of sp³-hybridized carbons (Fsp3) is 0.250. The largest absolute Gasteiger partial charge is 0.463 e. The number of thiazole rings is 1. The van der Waals surface area contributed by atoms with Crippen molar-refractivity contribution in [3.8, 4) is 11.3 Å². The number of aryl methyl sites for hydroxylation is 1. The maximum absolute atomic E-state index is 13.8. The molecule has 0 N–H and O–H groups in total. The van der Waals surface area contributed by atoms with Gasteiger partial charge in [-0.1, -0.05) is 36.8 Å². The molecule has 1 atom stereocenters. The summed E-state index contributed by atoms with van der Waals surface area (Å²) >= 11 is 2.67. The number of benzene rings is 1. The summed E-state index contributed by atoms with van der Waals surface area (Å²) in [6.45, 7) is 5.75. The zero-order valence-corrected chi connectivity index (χ0v) is 23.1. The Balaban J connectivity index is 1.64. The number of hydrogen-bond donors (Lipinski definition) is 0. The highest BCUT2D eigenvalue weighted by molar-refractivity contribution is 7.10. The molecule has 1 aromatic carbocycles. The minimum atomic E-state index is -0.647. The number of nitro groups is 1. The van der Waals surface area contributed by atoms with Crippen LogP contribution in [-0.2, 0) is 9.53 Å². The Labute approximate surface area is 231 Å². The van der Waals surface area contributed by atoms with E-state index in [0.717, 1.165) is 16.9 Å². The third-order valence-electron chi connectivity index (χ3n) is 6.22. The Bertz CT molecular complexity index is 1780. The molecule has 0 aliphatic carbocycles. The molecule has 5 rings (SSSR count). The van der Waals surface area contributed by atoms with Crippen molar-refractivity contribution >= 4 is 40.4 Å². The van der Waals surface area contributed by atoms with Crippen LogP contribution < -0.4 is 14.9 Å². The highest BCUT2D eigenvalue weighted by Crippen LogP contribution is 2.35. The first kappa shape index (κ1) is 26.5. The van der Waals surface area contributed by atoms with Crippen LogP contribution in [0.3, 0.4) is 0 Å². The number of furan rings is 1. The normalized spacial score (nSPS) is 15.3. The molecule has 0 saturated heterocycles. The highest BCUT2D eigenvalue weighted by atomic mass is 32.1. The van der Waals surface area contributed by atoms with Gasteiger partial charge in [0.15, 0.2) is 4.80 Å². The van der Waals surface area contributed by atoms with Crippen LogP contribution in [0.25, 0.3) is 17.4 Å². The molecular weight excluding hydrogens is 538 g/mol. The quantitative estimate of drug-likeness (QED) is 0.167. The Morgan fingerprint density at radius 2 is 2.08 bits per heavy atom. The Kier molecular flexibility index (Phi) is 7.45. The van der Waals surface area contributed by atoms with Gasteiger partial charge >= 0.3 is 5.97 Å². The Morgan fingerprint density at radius 3 is 2.77 bits per heavy atom. The lowest BCUT2D eigenvalue weighted by atomic mass is 9.99. The van der Waals surface area contributed by atoms with E-state index in [1.807, 2.05) is 24.4 Å². The summed E-state index contributed by atoms with van der Waals surface area (Å²) < 4.78 is 13.2. The van der Waals surface area contributed by atoms with Crippen LogP contribution in [0.4, 0.5) is 5.69 Å². The molecule has 4 aromatic rings. The molecule has 0 spiro atoms. The molecule has 0 saturated carbocycles. The number of fused-ring (bicyclic) bond motifs is 1. The number of hydrogen-bond acceptors (Lipinski definition) is 9. The average molecular weight is 564 g/mol. The molecule has 1 aliphatic rings. The summed E-state index contributed by atoms with van der Waals surface area (Å²) in [4.78, 5) is 44.1. The number of aromatic nitrogens is 1. The van der Waals surface area contributed by atoms with Crippen molar-refractivity contribution in [2.45, 2.75) is 39.7 Å². The molecule has 200 valence electrons. The van der Waals surface area contributed by atoms with Crippen LogP contribution >= 0.6 is 22.7 Å². The number of esters is 1. The van der Waals surface area contributed by atoms with Crippen molar-refractivity contribution in [2.75, 3.05) is 6.61 Å². The smallest absolute Gasteiger partial charge is 0.338 e. The van der Waals surface area contributed by atoms with Gasteiger partial charge in [-0.15, -0.1) is 11.3 Å². The molecule has 0 bridgehead atoms. The minimum absolute atomic E-state index is 0.0545. The van der Waals surface area contributed by atoms with Crippen LogP contribution in [0.1, 0.15) is 48.9 Å². The van der Waals surface area contributed by atoms with E-state index in [1.54, 1.807) is 48.8 Å². The number of nitrogens with zero attached hydrogens (tertiary/aromatic N) is 3. The van der Waals surface area contributed by atoms with Crippen LogP contribution in [0.15, 0.2) is 73.3 Å². The van der Waals surface area contributed by atoms with E-state index in [0.29, 0.717) is 44.1 Å². The molecule has 0 fully saturated rings. The third-order valence-corrected chi connectivity index (χ3v) is 8.13. The molecule has 1 unspecified atom stereocenters. The van der Waals surface area contributed by atoms with Gasteiger partial charge in [0.1, 0.15) is 17.6 Å². The van der Waals surface area contributed by atoms with E-state index in [-0.39, 0.29) is 17.9 Å². The maximum Gasteiger partial charge on any atom is 0.338 e. The van der Waals surface area contributed by atoms with E-state index in [4.69, 9.17) is 14.1 Å². The van der Waals surface area contributed by atoms with Crippen molar-refractivity contribution in [2.24, 2.45) is 4.99 Å². The van der Waals surface area contributed by atoms with Crippen LogP contribution in [0, 0.1) is 17.0 Å². The monoisotopic (exact) mass is 563 g/mol. The summed E-state index contributed by atoms with van der Waals surface area (Å²) in [7, 11) is 0. The van der Waals surface area contributed by atoms with Gasteiger partial charge in [0.2, 0.25) is 0 Å². The van der Waals surface area contributed by atoms with Gasteiger partial charge in [-0.05, 0) is 55.5 Å². The van der Waals surface area contributed by atoms with Gasteiger partial charge in [-0.25, -0.2) is 9.79 Å². The van der Waals surface area contributed by atoms with Crippen LogP contribution in [-0.4, -0.2) is 22.1 Å². The van der Waals surface area contributed by atoms with Crippen molar-refractivity contribution in [3.63, 3.8) is 0 Å². The number of thiophene rings is 1. The fourth-order valence-corrected chi connectivity index (χ4v) is 6.37. The molecule has 1 aliphatic heterocycles. The summed E-state index contributed by atoms with van der Waals surface area (Å²) in [6.07, 6.45) is 2.94. The van der Waals surface area contributed by atoms with Crippen molar-refractivity contribution in [3.05, 3.63) is 105 Å². The number of carbonyl (C=O) groups excluding carboxylic acids is 1. The first-order valence-corrected chi connectivity index (χ1v) is 14.1. The number of ether oxygens (including phenoxy) is 1. The second kappa shape index (κ2) is 11.0. The zero-order valence-electron chi connectivity index (χ0n) is 21.5. The highest BCUT2D eigenvalue weighted by Gasteiger charge is 2.34. The molecule has 11 heteroatoms. The predicted molar refractivity (Wildman–Crippen MR) is 149 cm³/mol. The lowest BCUT2D eigenvalue weighted by molar-refractivity contribution is -0.384. The van der Waals surface area contributed by atoms with Crippen molar-refractivity contribution < 1.29 is 18.9 Å². The van der Waals surface area contributed by atoms with E-state index < -0.39 is 16.9 Å². The molecular formula is C28H25N3O6S2. The van der Waals surface area contributed by atoms with Gasteiger partial charge in [0.25, 0.3) is 11.2 Å². The summed E-state index contributed by atoms with van der Waals surface area (Å²) in [6, 6.07) is 11.4. The first-order valence-electron chi connectivity index (χ1n) is 12.4. The number of nitro benzene ring substituents is 1. The molecule has 3 aromatic heterocycles. The zero-order chi connectivity index (χ0) is 27.7. The van der Waals surface area contributed by atoms with Gasteiger partial charge < -0.3 is 9.15 Å². The van der Waals surface area contributed by atoms with E-state index in [2.05, 4.69) is 0 Å². The topological polar surface area (TPSA) is 117 Å². The Hall–Kier alpha value is -4.09. The lowest BCUT2D eigenvalue weighted by Gasteiger charge is -2.24. The Morgan fingerprint density at radius 1 is 1.26 bits per heavy atom. The predicted octanol–water partition coefficient (Wildman–Crippen LogP) is 5.12. The number of carbonyl (C=O) groups is 1. The van der Waals surface area contributed by atoms with Gasteiger partial charge in [0, 0.05) is 17.0 Å². The first-order chi connectivity index (χ1) is 18.8. The third kappa shape index (κ3) is 5.02. The molecule has 9 nitrogen and oxygen atoms in total. The number of allylic oxidation sites excluding steroid dienone is 1. The summed E-state index contributed by atoms with van der Waals surface area (Å²) in [5, 5.41) is 13.5. The van der Waals surface area contributed by atoms with E-state index in [1.165, 1.54) is 28.7 Å². The van der Waals surface area contributed by atoms with Crippen molar-refractivity contribution in [1.29, 1.82) is 0 Å². The lowest BCUT2D eigenvalue weighted by Crippen LogP contribution is -2.39. The van der Waals surface area contributed by atoms with E-state index in [9.17, 15) is 19.7 Å². The summed E-state index contributed by atoms with van der Waals surface area (Å²) in [5.74, 6) is 0.218. The summed E-state index contributed by atoms with van der Waals surface area (Å²) in [5.41, 5.74) is 1.76. The van der Waals surface area contributed by atoms with Gasteiger partial charge in [0.05, 0.1) is 32.9 Å². The molecule has 0 radical (unpaired) electrons. The molecule has 0 amide bonds. The van der Waals surface area contributed by atoms with Crippen LogP contribution in [0.2, 0.25) is 0 Å². The average Bonchev–Trinajstić information content (AvgIpc) is 3.66. The SMILES string of the molecule is CCCC1=C(C(=O)OCC)C(c2cccs2)n2c(s/c(=C\c3ccc(-c4ccc(C)cc4[N+](=O)[O-])o3)c2=O)=N1. The minimum Gasteiger partial charge on any atom is -0.463 e. The maximum atomic E-state index is 13.8. The second-order valence-corrected chi connectivity index (χ2v) is 10.9. The second-order valence-electron chi connectivity index (χ2n) is 8.91. The fourth-order valence-electron chi connectivity index (χ4n) is 4.54. The molecule has 39 heavy (non-hydrogen) atoms. The van der Waals surface area contributed by atoms with E-state index >= 15 is 0 Å². The van der Waals surface area contributed by atoms with Crippen LogP contribution in [0.5, 0.6) is 0 Å². The number of rotatable bonds is 8. The molecule has 4 heterocycles. The van der Waals surface area contributed by atoms with Crippen molar-refractivity contribution in [1.82, 2.24) is 4.57 Å². The van der Waals surface area contributed by atoms with Gasteiger partial charge in [-0.3, -0.25) is 19.5 Å². The standard InChI is InChI=1S/C28H25N3O6S2/c1-4-7-19-24(27(33)36-5-2)25(22-8-6-13-38-22)30-26(32)23(39-28(30)29-19)15-17-10-12-21(37-17)18-11-9-16(3)14-20(18)31(34)35/h6,8-15,25H,4-5,7H2,1-3H3/b23-15-.